The van der Waals surface area contributed by atoms with Crippen LogP contribution in [0, 0.1) is 6.92 Å². The largest absolute Gasteiger partial charge is 0.350 e. The van der Waals surface area contributed by atoms with Crippen molar-refractivity contribution in [1.82, 2.24) is 15.3 Å². The van der Waals surface area contributed by atoms with Gasteiger partial charge in [-0.2, -0.15) is 4.98 Å². The highest BCUT2D eigenvalue weighted by Crippen LogP contribution is 2.27. The van der Waals surface area contributed by atoms with E-state index in [1.807, 2.05) is 58.0 Å². The van der Waals surface area contributed by atoms with Crippen LogP contribution in [0.3, 0.4) is 0 Å². The molecule has 0 bridgehead atoms. The molecule has 3 aromatic rings. The Morgan fingerprint density at radius 2 is 1.67 bits per heavy atom. The van der Waals surface area contributed by atoms with E-state index >= 15 is 0 Å². The zero-order valence-corrected chi connectivity index (χ0v) is 12.5. The molecule has 108 valence electrons. The maximum atomic E-state index is 5.32. The fourth-order valence-electron chi connectivity index (χ4n) is 1.86. The topological polar surface area (TPSA) is 65.0 Å². The lowest BCUT2D eigenvalue weighted by atomic mass is 9.96. The number of hydrogen-bond acceptors (Lipinski definition) is 5. The van der Waals surface area contributed by atoms with Crippen molar-refractivity contribution in [1.29, 1.82) is 0 Å². The van der Waals surface area contributed by atoms with E-state index in [0.29, 0.717) is 17.5 Å². The minimum atomic E-state index is -0.165. The standard InChI is InChI=1S/C16H17N3O2/c1-10-5-7-11(8-6-10)12-9-13(20-18-12)14-17-15(19-21-14)16(2,3)4/h5-9H,1-4H3. The maximum Gasteiger partial charge on any atom is 0.296 e. The van der Waals surface area contributed by atoms with Crippen molar-refractivity contribution < 1.29 is 9.05 Å². The average molecular weight is 283 g/mol. The molecule has 0 spiro atoms. The van der Waals surface area contributed by atoms with Gasteiger partial charge in [-0.25, -0.2) is 0 Å². The Morgan fingerprint density at radius 1 is 0.952 bits per heavy atom. The lowest BCUT2D eigenvalue weighted by Gasteiger charge is -2.10. The smallest absolute Gasteiger partial charge is 0.296 e. The molecule has 0 atom stereocenters. The minimum Gasteiger partial charge on any atom is -0.350 e. The van der Waals surface area contributed by atoms with Crippen LogP contribution in [0.5, 0.6) is 0 Å². The Labute approximate surface area is 123 Å². The summed E-state index contributed by atoms with van der Waals surface area (Å²) in [5.74, 6) is 1.48. The van der Waals surface area contributed by atoms with Crippen LogP contribution >= 0.6 is 0 Å². The summed E-state index contributed by atoms with van der Waals surface area (Å²) in [7, 11) is 0. The molecule has 21 heavy (non-hydrogen) atoms. The van der Waals surface area contributed by atoms with Gasteiger partial charge in [0.1, 0.15) is 5.69 Å². The van der Waals surface area contributed by atoms with Crippen LogP contribution in [0.25, 0.3) is 22.9 Å². The van der Waals surface area contributed by atoms with Crippen molar-refractivity contribution in [2.24, 2.45) is 0 Å². The molecular weight excluding hydrogens is 266 g/mol. The van der Waals surface area contributed by atoms with Gasteiger partial charge in [0, 0.05) is 17.0 Å². The Morgan fingerprint density at radius 3 is 2.29 bits per heavy atom. The van der Waals surface area contributed by atoms with Gasteiger partial charge in [0.25, 0.3) is 5.89 Å². The van der Waals surface area contributed by atoms with Gasteiger partial charge in [0.2, 0.25) is 5.76 Å². The first kappa shape index (κ1) is 13.5. The normalized spacial score (nSPS) is 11.8. The van der Waals surface area contributed by atoms with Gasteiger partial charge >= 0.3 is 0 Å². The van der Waals surface area contributed by atoms with E-state index in [4.69, 9.17) is 9.05 Å². The molecule has 0 N–H and O–H groups in total. The quantitative estimate of drug-likeness (QED) is 0.711. The number of aromatic nitrogens is 3. The van der Waals surface area contributed by atoms with Gasteiger partial charge in [-0.3, -0.25) is 0 Å². The average Bonchev–Trinajstić information content (AvgIpc) is 3.07. The molecule has 2 heterocycles. The van der Waals surface area contributed by atoms with Gasteiger partial charge in [-0.15, -0.1) is 0 Å². The van der Waals surface area contributed by atoms with E-state index in [2.05, 4.69) is 15.3 Å². The van der Waals surface area contributed by atoms with Crippen LogP contribution in [0.4, 0.5) is 0 Å². The number of rotatable bonds is 2. The lowest BCUT2D eigenvalue weighted by molar-refractivity contribution is 0.375. The predicted octanol–water partition coefficient (Wildman–Crippen LogP) is 4.00. The van der Waals surface area contributed by atoms with Crippen molar-refractivity contribution >= 4 is 0 Å². The van der Waals surface area contributed by atoms with Gasteiger partial charge in [-0.05, 0) is 6.92 Å². The van der Waals surface area contributed by atoms with Crippen LogP contribution in [-0.2, 0) is 5.41 Å². The summed E-state index contributed by atoms with van der Waals surface area (Å²) in [5.41, 5.74) is 2.78. The molecule has 5 heteroatoms. The van der Waals surface area contributed by atoms with Crippen LogP contribution in [-0.4, -0.2) is 15.3 Å². The second-order valence-corrected chi connectivity index (χ2v) is 6.12. The van der Waals surface area contributed by atoms with Crippen LogP contribution < -0.4 is 0 Å². The SMILES string of the molecule is Cc1ccc(-c2cc(-c3nc(C(C)(C)C)no3)on2)cc1. The summed E-state index contributed by atoms with van der Waals surface area (Å²) in [6.07, 6.45) is 0. The molecular formula is C16H17N3O2. The summed E-state index contributed by atoms with van der Waals surface area (Å²) in [6, 6.07) is 9.89. The molecule has 0 fully saturated rings. The summed E-state index contributed by atoms with van der Waals surface area (Å²) in [6.45, 7) is 8.13. The van der Waals surface area contributed by atoms with Crippen molar-refractivity contribution in [2.75, 3.05) is 0 Å². The molecule has 0 aliphatic heterocycles. The molecule has 0 saturated heterocycles. The van der Waals surface area contributed by atoms with Gasteiger partial charge in [0.15, 0.2) is 5.82 Å². The molecule has 0 aliphatic rings. The number of benzene rings is 1. The molecule has 0 saturated carbocycles. The Bertz CT molecular complexity index is 748. The third-order valence-corrected chi connectivity index (χ3v) is 3.17. The first-order valence-corrected chi connectivity index (χ1v) is 6.82. The van der Waals surface area contributed by atoms with Gasteiger partial charge in [-0.1, -0.05) is 60.9 Å². The zero-order chi connectivity index (χ0) is 15.0. The summed E-state index contributed by atoms with van der Waals surface area (Å²) >= 11 is 0. The van der Waals surface area contributed by atoms with Crippen LogP contribution in [0.15, 0.2) is 39.4 Å². The Hall–Kier alpha value is -2.43. The minimum absolute atomic E-state index is 0.165. The molecule has 0 radical (unpaired) electrons. The van der Waals surface area contributed by atoms with E-state index in [1.165, 1.54) is 5.56 Å². The maximum absolute atomic E-state index is 5.32. The second kappa shape index (κ2) is 4.84. The summed E-state index contributed by atoms with van der Waals surface area (Å²) in [4.78, 5) is 4.36. The summed E-state index contributed by atoms with van der Waals surface area (Å²) < 4.78 is 10.6. The number of hydrogen-bond donors (Lipinski definition) is 0. The molecule has 0 amide bonds. The fourth-order valence-corrected chi connectivity index (χ4v) is 1.86. The van der Waals surface area contributed by atoms with Crippen molar-refractivity contribution in [2.45, 2.75) is 33.1 Å². The van der Waals surface area contributed by atoms with Crippen LogP contribution in [0.1, 0.15) is 32.2 Å². The Kier molecular flexibility index (Phi) is 3.12. The van der Waals surface area contributed by atoms with Crippen molar-refractivity contribution in [3.05, 3.63) is 41.7 Å². The Balaban J connectivity index is 1.91. The van der Waals surface area contributed by atoms with Crippen molar-refractivity contribution in [3.8, 4) is 22.9 Å². The first-order valence-electron chi connectivity index (χ1n) is 6.82. The second-order valence-electron chi connectivity index (χ2n) is 6.12. The molecule has 5 nitrogen and oxygen atoms in total. The first-order chi connectivity index (χ1) is 9.93. The van der Waals surface area contributed by atoms with E-state index in [1.54, 1.807) is 0 Å². The van der Waals surface area contributed by atoms with E-state index in [9.17, 15) is 0 Å². The third kappa shape index (κ3) is 2.72. The number of aryl methyl sites for hydroxylation is 1. The highest BCUT2D eigenvalue weighted by Gasteiger charge is 2.23. The molecule has 1 aromatic carbocycles. The lowest BCUT2D eigenvalue weighted by Crippen LogP contribution is -2.13. The third-order valence-electron chi connectivity index (χ3n) is 3.17. The van der Waals surface area contributed by atoms with Crippen molar-refractivity contribution in [3.63, 3.8) is 0 Å². The summed E-state index contributed by atoms with van der Waals surface area (Å²) in [5, 5.41) is 8.04. The molecule has 3 rings (SSSR count). The molecule has 0 aliphatic carbocycles. The highest BCUT2D eigenvalue weighted by atomic mass is 16.5. The zero-order valence-electron chi connectivity index (χ0n) is 12.5. The van der Waals surface area contributed by atoms with Gasteiger partial charge in [0.05, 0.1) is 0 Å². The highest BCUT2D eigenvalue weighted by molar-refractivity contribution is 5.63. The van der Waals surface area contributed by atoms with Gasteiger partial charge < -0.3 is 9.05 Å². The monoisotopic (exact) mass is 283 g/mol. The predicted molar refractivity (Wildman–Crippen MR) is 78.7 cm³/mol. The van der Waals surface area contributed by atoms with E-state index in [-0.39, 0.29) is 5.41 Å². The van der Waals surface area contributed by atoms with E-state index in [0.717, 1.165) is 11.3 Å². The molecule has 2 aromatic heterocycles. The number of nitrogens with zero attached hydrogens (tertiary/aromatic N) is 3. The fraction of sp³-hybridized carbons (Fsp3) is 0.312. The van der Waals surface area contributed by atoms with E-state index < -0.39 is 0 Å². The molecule has 0 unspecified atom stereocenters. The van der Waals surface area contributed by atoms with Crippen LogP contribution in [0.2, 0.25) is 0 Å².